The number of carbonyl (C=O) groups excluding carboxylic acids is 1. The number of carbonyl (C=O) groups is 1. The fourth-order valence-electron chi connectivity index (χ4n) is 4.26. The van der Waals surface area contributed by atoms with E-state index in [-0.39, 0.29) is 17.3 Å². The van der Waals surface area contributed by atoms with E-state index < -0.39 is 0 Å². The minimum atomic E-state index is -0.248. The number of ether oxygens (including phenoxy) is 1. The Morgan fingerprint density at radius 3 is 2.46 bits per heavy atom. The summed E-state index contributed by atoms with van der Waals surface area (Å²) in [6.07, 6.45) is 2.94. The van der Waals surface area contributed by atoms with Gasteiger partial charge in [-0.25, -0.2) is 0 Å². The van der Waals surface area contributed by atoms with Gasteiger partial charge in [0, 0.05) is 26.2 Å². The molecule has 5 heteroatoms. The molecular weight excluding hydrogens is 352 g/mol. The Bertz CT molecular complexity index is 801. The van der Waals surface area contributed by atoms with Crippen LogP contribution in [0.1, 0.15) is 28.8 Å². The topological polar surface area (TPSA) is 53.0 Å². The summed E-state index contributed by atoms with van der Waals surface area (Å²) in [5, 5.41) is 10.0. The summed E-state index contributed by atoms with van der Waals surface area (Å²) in [5.41, 5.74) is 1.50. The minimum Gasteiger partial charge on any atom is -0.507 e. The zero-order valence-electron chi connectivity index (χ0n) is 16.2. The van der Waals surface area contributed by atoms with Gasteiger partial charge in [-0.05, 0) is 37.0 Å². The number of piperidine rings is 1. The minimum absolute atomic E-state index is 0.0452. The molecule has 0 atom stereocenters. The predicted molar refractivity (Wildman–Crippen MR) is 109 cm³/mol. The number of rotatable bonds is 4. The van der Waals surface area contributed by atoms with E-state index in [0.29, 0.717) is 25.3 Å². The van der Waals surface area contributed by atoms with Crippen molar-refractivity contribution in [3.63, 3.8) is 0 Å². The van der Waals surface area contributed by atoms with Crippen LogP contribution in [0.2, 0.25) is 0 Å². The van der Waals surface area contributed by atoms with Crippen LogP contribution in [0.25, 0.3) is 0 Å². The van der Waals surface area contributed by atoms with E-state index in [1.54, 1.807) is 24.3 Å². The Morgan fingerprint density at radius 1 is 1.00 bits per heavy atom. The molecule has 5 nitrogen and oxygen atoms in total. The van der Waals surface area contributed by atoms with Crippen molar-refractivity contribution in [1.29, 1.82) is 0 Å². The summed E-state index contributed by atoms with van der Waals surface area (Å²) in [7, 11) is 0. The molecule has 2 aromatic rings. The molecule has 2 aromatic carbocycles. The molecule has 0 unspecified atom stereocenters. The van der Waals surface area contributed by atoms with E-state index in [9.17, 15) is 9.90 Å². The molecule has 0 saturated carbocycles. The Labute approximate surface area is 166 Å². The molecule has 0 radical (unpaired) electrons. The van der Waals surface area contributed by atoms with E-state index in [2.05, 4.69) is 35.2 Å². The lowest BCUT2D eigenvalue weighted by Crippen LogP contribution is -2.58. The lowest BCUT2D eigenvalue weighted by atomic mass is 9.89. The average molecular weight is 380 g/mol. The molecule has 1 spiro atoms. The number of nitrogens with zero attached hydrogens (tertiary/aromatic N) is 2. The van der Waals surface area contributed by atoms with E-state index in [4.69, 9.17) is 4.74 Å². The maximum atomic E-state index is 12.9. The molecule has 0 aromatic heterocycles. The first-order chi connectivity index (χ1) is 13.7. The Hall–Kier alpha value is -2.37. The summed E-state index contributed by atoms with van der Waals surface area (Å²) >= 11 is 0. The molecule has 2 heterocycles. The van der Waals surface area contributed by atoms with Crippen LogP contribution >= 0.6 is 0 Å². The molecule has 2 aliphatic heterocycles. The number of morpholine rings is 1. The lowest BCUT2D eigenvalue weighted by Gasteiger charge is -2.47. The van der Waals surface area contributed by atoms with E-state index >= 15 is 0 Å². The molecule has 0 bridgehead atoms. The first-order valence-corrected chi connectivity index (χ1v) is 10.1. The van der Waals surface area contributed by atoms with E-state index in [1.165, 1.54) is 5.56 Å². The standard InChI is InChI=1S/C23H28N2O3/c26-21-9-5-4-8-20(21)22(27)25-16-17-28-23(18-25)11-14-24(15-12-23)13-10-19-6-2-1-3-7-19/h1-9,26H,10-18H2. The molecule has 1 N–H and O–H groups in total. The first kappa shape index (κ1) is 19.0. The molecule has 2 fully saturated rings. The van der Waals surface area contributed by atoms with Crippen molar-refractivity contribution in [2.75, 3.05) is 39.3 Å². The number of aromatic hydroxyl groups is 1. The van der Waals surface area contributed by atoms with Gasteiger partial charge < -0.3 is 19.6 Å². The van der Waals surface area contributed by atoms with E-state index in [0.717, 1.165) is 38.9 Å². The van der Waals surface area contributed by atoms with Gasteiger partial charge >= 0.3 is 0 Å². The molecule has 1 amide bonds. The molecule has 4 rings (SSSR count). The van der Waals surface area contributed by atoms with Crippen LogP contribution in [0, 0.1) is 0 Å². The van der Waals surface area contributed by atoms with Gasteiger partial charge in [-0.1, -0.05) is 42.5 Å². The number of para-hydroxylation sites is 1. The van der Waals surface area contributed by atoms with Gasteiger partial charge in [0.1, 0.15) is 5.75 Å². The molecule has 2 aliphatic rings. The zero-order chi connectivity index (χ0) is 19.4. The Balaban J connectivity index is 1.33. The van der Waals surface area contributed by atoms with Crippen LogP contribution in [-0.4, -0.2) is 65.7 Å². The maximum absolute atomic E-state index is 12.9. The largest absolute Gasteiger partial charge is 0.507 e. The quantitative estimate of drug-likeness (QED) is 0.886. The molecule has 148 valence electrons. The van der Waals surface area contributed by atoms with Crippen molar-refractivity contribution in [2.24, 2.45) is 0 Å². The molecule has 0 aliphatic carbocycles. The third-order valence-corrected chi connectivity index (χ3v) is 6.00. The van der Waals surface area contributed by atoms with Crippen LogP contribution in [0.3, 0.4) is 0 Å². The monoisotopic (exact) mass is 380 g/mol. The molecular formula is C23H28N2O3. The number of phenolic OH excluding ortho intramolecular Hbond substituents is 1. The SMILES string of the molecule is O=C(c1ccccc1O)N1CCOC2(CCN(CCc3ccccc3)CC2)C1. The van der Waals surface area contributed by atoms with Crippen molar-refractivity contribution >= 4 is 5.91 Å². The van der Waals surface area contributed by atoms with Gasteiger partial charge in [-0.3, -0.25) is 4.79 Å². The van der Waals surface area contributed by atoms with E-state index in [1.807, 2.05) is 4.90 Å². The molecule has 28 heavy (non-hydrogen) atoms. The third kappa shape index (κ3) is 4.21. The lowest BCUT2D eigenvalue weighted by molar-refractivity contribution is -0.127. The first-order valence-electron chi connectivity index (χ1n) is 10.1. The predicted octanol–water partition coefficient (Wildman–Crippen LogP) is 2.94. The third-order valence-electron chi connectivity index (χ3n) is 6.00. The van der Waals surface area contributed by atoms with Gasteiger partial charge in [0.2, 0.25) is 0 Å². The number of benzene rings is 2. The van der Waals surface area contributed by atoms with Crippen molar-refractivity contribution in [2.45, 2.75) is 24.9 Å². The maximum Gasteiger partial charge on any atom is 0.257 e. The number of amides is 1. The summed E-state index contributed by atoms with van der Waals surface area (Å²) in [4.78, 5) is 17.2. The van der Waals surface area contributed by atoms with Crippen molar-refractivity contribution < 1.29 is 14.6 Å². The smallest absolute Gasteiger partial charge is 0.257 e. The van der Waals surface area contributed by atoms with Crippen LogP contribution in [-0.2, 0) is 11.2 Å². The van der Waals surface area contributed by atoms with Crippen molar-refractivity contribution in [3.8, 4) is 5.75 Å². The normalized spacial score (nSPS) is 19.6. The fourth-order valence-corrected chi connectivity index (χ4v) is 4.26. The number of phenols is 1. The summed E-state index contributed by atoms with van der Waals surface area (Å²) in [6, 6.07) is 17.4. The van der Waals surface area contributed by atoms with Crippen molar-refractivity contribution in [3.05, 3.63) is 65.7 Å². The van der Waals surface area contributed by atoms with Gasteiger partial charge in [0.05, 0.1) is 24.3 Å². The van der Waals surface area contributed by atoms with Crippen LogP contribution < -0.4 is 0 Å². The number of hydrogen-bond donors (Lipinski definition) is 1. The second kappa shape index (κ2) is 8.33. The van der Waals surface area contributed by atoms with Crippen LogP contribution in [0.15, 0.2) is 54.6 Å². The summed E-state index contributed by atoms with van der Waals surface area (Å²) < 4.78 is 6.18. The van der Waals surface area contributed by atoms with Gasteiger partial charge in [0.15, 0.2) is 0 Å². The second-order valence-electron chi connectivity index (χ2n) is 7.85. The van der Waals surface area contributed by atoms with Gasteiger partial charge in [-0.2, -0.15) is 0 Å². The van der Waals surface area contributed by atoms with Crippen LogP contribution in [0.4, 0.5) is 0 Å². The number of likely N-dealkylation sites (tertiary alicyclic amines) is 1. The fraction of sp³-hybridized carbons (Fsp3) is 0.435. The highest BCUT2D eigenvalue weighted by atomic mass is 16.5. The Morgan fingerprint density at radius 2 is 1.71 bits per heavy atom. The van der Waals surface area contributed by atoms with Gasteiger partial charge in [-0.15, -0.1) is 0 Å². The highest BCUT2D eigenvalue weighted by Gasteiger charge is 2.41. The molecule has 2 saturated heterocycles. The highest BCUT2D eigenvalue weighted by molar-refractivity contribution is 5.96. The van der Waals surface area contributed by atoms with Crippen molar-refractivity contribution in [1.82, 2.24) is 9.80 Å². The summed E-state index contributed by atoms with van der Waals surface area (Å²) in [5.74, 6) is -0.0592. The van der Waals surface area contributed by atoms with Gasteiger partial charge in [0.25, 0.3) is 5.91 Å². The number of hydrogen-bond acceptors (Lipinski definition) is 4. The second-order valence-corrected chi connectivity index (χ2v) is 7.85. The zero-order valence-corrected chi connectivity index (χ0v) is 16.2. The average Bonchev–Trinajstić information content (AvgIpc) is 2.74. The highest BCUT2D eigenvalue weighted by Crippen LogP contribution is 2.31. The van der Waals surface area contributed by atoms with Crippen LogP contribution in [0.5, 0.6) is 5.75 Å². The summed E-state index contributed by atoms with van der Waals surface area (Å²) in [6.45, 7) is 4.78. The Kier molecular flexibility index (Phi) is 5.64.